The number of hydrogen-bond donors (Lipinski definition) is 4. The fourth-order valence-electron chi connectivity index (χ4n) is 7.90. The molecular formula is C48H99N2O6P. The van der Waals surface area contributed by atoms with Crippen molar-refractivity contribution in [2.45, 2.75) is 283 Å². The fourth-order valence-corrected chi connectivity index (χ4v) is 8.66. The zero-order chi connectivity index (χ0) is 41.8. The SMILES string of the molecule is CCCCCCCCCCCCCCCCCCCCCCCCCCCCC(=O)N[C@@H](COP(=O)(O)OCCN)[C@H](O)CCCCCCCCCCCCCC. The second kappa shape index (κ2) is 45.0. The summed E-state index contributed by atoms with van der Waals surface area (Å²) in [4.78, 5) is 22.8. The van der Waals surface area contributed by atoms with Crippen molar-refractivity contribution in [3.63, 3.8) is 0 Å². The molecule has 8 nitrogen and oxygen atoms in total. The van der Waals surface area contributed by atoms with Gasteiger partial charge in [0.15, 0.2) is 0 Å². The first kappa shape index (κ1) is 56.5. The van der Waals surface area contributed by atoms with Crippen LogP contribution in [0.4, 0.5) is 0 Å². The lowest BCUT2D eigenvalue weighted by molar-refractivity contribution is -0.123. The lowest BCUT2D eigenvalue weighted by atomic mass is 10.0. The van der Waals surface area contributed by atoms with Crippen LogP contribution in [-0.4, -0.2) is 47.8 Å². The highest BCUT2D eigenvalue weighted by Crippen LogP contribution is 2.43. The molecule has 0 aliphatic heterocycles. The first-order valence-corrected chi connectivity index (χ1v) is 26.6. The number of aliphatic hydroxyl groups excluding tert-OH is 1. The molecule has 5 N–H and O–H groups in total. The molecule has 9 heteroatoms. The van der Waals surface area contributed by atoms with Crippen LogP contribution in [0.3, 0.4) is 0 Å². The average molecular weight is 831 g/mol. The number of nitrogens with two attached hydrogens (primary N) is 1. The molecule has 0 rings (SSSR count). The van der Waals surface area contributed by atoms with Gasteiger partial charge in [0.2, 0.25) is 5.91 Å². The lowest BCUT2D eigenvalue weighted by Gasteiger charge is -2.25. The van der Waals surface area contributed by atoms with Gasteiger partial charge in [-0.05, 0) is 12.8 Å². The number of rotatable bonds is 48. The lowest BCUT2D eigenvalue weighted by Crippen LogP contribution is -2.46. The van der Waals surface area contributed by atoms with Crippen LogP contribution in [0, 0.1) is 0 Å². The highest BCUT2D eigenvalue weighted by molar-refractivity contribution is 7.47. The number of phosphoric ester groups is 1. The molecule has 57 heavy (non-hydrogen) atoms. The van der Waals surface area contributed by atoms with Gasteiger partial charge in [-0.3, -0.25) is 13.8 Å². The molecule has 0 fully saturated rings. The molecule has 0 radical (unpaired) electrons. The normalized spacial score (nSPS) is 13.8. The van der Waals surface area contributed by atoms with Crippen molar-refractivity contribution in [1.82, 2.24) is 5.32 Å². The number of phosphoric acid groups is 1. The number of nitrogens with one attached hydrogen (secondary N) is 1. The van der Waals surface area contributed by atoms with E-state index in [1.54, 1.807) is 0 Å². The third-order valence-corrected chi connectivity index (χ3v) is 12.7. The number of amides is 1. The van der Waals surface area contributed by atoms with Crippen molar-refractivity contribution in [1.29, 1.82) is 0 Å². The zero-order valence-corrected chi connectivity index (χ0v) is 39.0. The van der Waals surface area contributed by atoms with Crippen LogP contribution in [0.2, 0.25) is 0 Å². The molecule has 0 bridgehead atoms. The third-order valence-electron chi connectivity index (χ3n) is 11.7. The summed E-state index contributed by atoms with van der Waals surface area (Å²) in [6, 6.07) is -0.767. The Kier molecular flexibility index (Phi) is 44.6. The summed E-state index contributed by atoms with van der Waals surface area (Å²) in [6.07, 6.45) is 49.9. The molecule has 342 valence electrons. The quantitative estimate of drug-likeness (QED) is 0.0355. The average Bonchev–Trinajstić information content (AvgIpc) is 3.20. The minimum Gasteiger partial charge on any atom is -0.391 e. The van der Waals surface area contributed by atoms with Crippen molar-refractivity contribution in [2.24, 2.45) is 5.73 Å². The summed E-state index contributed by atoms with van der Waals surface area (Å²) >= 11 is 0. The van der Waals surface area contributed by atoms with Crippen molar-refractivity contribution in [3.8, 4) is 0 Å². The van der Waals surface area contributed by atoms with E-state index in [4.69, 9.17) is 14.8 Å². The van der Waals surface area contributed by atoms with Crippen molar-refractivity contribution >= 4 is 13.7 Å². The number of carbonyl (C=O) groups is 1. The zero-order valence-electron chi connectivity index (χ0n) is 38.1. The predicted octanol–water partition coefficient (Wildman–Crippen LogP) is 14.6. The third kappa shape index (κ3) is 43.4. The van der Waals surface area contributed by atoms with E-state index in [0.29, 0.717) is 12.8 Å². The minimum absolute atomic E-state index is 0.0925. The smallest absolute Gasteiger partial charge is 0.391 e. The van der Waals surface area contributed by atoms with Gasteiger partial charge in [0.05, 0.1) is 25.4 Å². The van der Waals surface area contributed by atoms with Gasteiger partial charge in [0.25, 0.3) is 0 Å². The van der Waals surface area contributed by atoms with Crippen LogP contribution in [0.1, 0.15) is 271 Å². The summed E-state index contributed by atoms with van der Waals surface area (Å²) in [6.45, 7) is 4.24. The summed E-state index contributed by atoms with van der Waals surface area (Å²) in [7, 11) is -4.31. The summed E-state index contributed by atoms with van der Waals surface area (Å²) in [5.74, 6) is -0.155. The van der Waals surface area contributed by atoms with Crippen molar-refractivity contribution in [2.75, 3.05) is 19.8 Å². The standard InChI is InChI=1S/C48H99N2O6P/c1-3-5-7-9-11-13-15-17-18-19-20-21-22-23-24-25-26-27-28-29-30-32-34-36-38-40-42-48(52)50-46(45-56-57(53,54)55-44-43-49)47(51)41-39-37-35-33-31-16-14-12-10-8-6-4-2/h46-47,51H,3-45,49H2,1-2H3,(H,50,52)(H,53,54)/t46-,47+/m0/s1. The Balaban J connectivity index is 3.89. The van der Waals surface area contributed by atoms with Crippen molar-refractivity contribution < 1.29 is 28.4 Å². The molecule has 0 aromatic carbocycles. The molecule has 0 saturated carbocycles. The van der Waals surface area contributed by atoms with Gasteiger partial charge in [-0.1, -0.05) is 251 Å². The van der Waals surface area contributed by atoms with Crippen LogP contribution in [0.25, 0.3) is 0 Å². The van der Waals surface area contributed by atoms with Gasteiger partial charge in [0, 0.05) is 13.0 Å². The molecule has 0 saturated heterocycles. The molecule has 1 unspecified atom stereocenters. The Morgan fingerprint density at radius 2 is 0.807 bits per heavy atom. The highest BCUT2D eigenvalue weighted by atomic mass is 31.2. The van der Waals surface area contributed by atoms with Gasteiger partial charge in [-0.25, -0.2) is 4.57 Å². The monoisotopic (exact) mass is 831 g/mol. The van der Waals surface area contributed by atoms with E-state index in [1.165, 1.54) is 205 Å². The van der Waals surface area contributed by atoms with Gasteiger partial charge in [0.1, 0.15) is 0 Å². The van der Waals surface area contributed by atoms with Crippen LogP contribution >= 0.6 is 7.82 Å². The topological polar surface area (TPSA) is 131 Å². The maximum Gasteiger partial charge on any atom is 0.472 e. The molecule has 0 aliphatic rings. The largest absolute Gasteiger partial charge is 0.472 e. The molecule has 1 amide bonds. The Morgan fingerprint density at radius 3 is 1.12 bits per heavy atom. The van der Waals surface area contributed by atoms with Crippen LogP contribution in [0.5, 0.6) is 0 Å². The molecule has 0 aromatic rings. The number of unbranched alkanes of at least 4 members (excludes halogenated alkanes) is 36. The van der Waals surface area contributed by atoms with Gasteiger partial charge in [-0.15, -0.1) is 0 Å². The first-order chi connectivity index (χ1) is 27.9. The fraction of sp³-hybridized carbons (Fsp3) is 0.979. The van der Waals surface area contributed by atoms with Gasteiger partial charge < -0.3 is 21.1 Å². The molecular weight excluding hydrogens is 732 g/mol. The van der Waals surface area contributed by atoms with Crippen LogP contribution in [-0.2, 0) is 18.4 Å². The van der Waals surface area contributed by atoms with Gasteiger partial charge >= 0.3 is 7.82 Å². The van der Waals surface area contributed by atoms with Crippen LogP contribution < -0.4 is 11.1 Å². The first-order valence-electron chi connectivity index (χ1n) is 25.2. The van der Waals surface area contributed by atoms with E-state index >= 15 is 0 Å². The van der Waals surface area contributed by atoms with E-state index in [0.717, 1.165) is 38.5 Å². The van der Waals surface area contributed by atoms with E-state index < -0.39 is 20.0 Å². The maximum atomic E-state index is 12.8. The van der Waals surface area contributed by atoms with E-state index in [1.807, 2.05) is 0 Å². The Morgan fingerprint density at radius 1 is 0.509 bits per heavy atom. The maximum absolute atomic E-state index is 12.8. The highest BCUT2D eigenvalue weighted by Gasteiger charge is 2.27. The van der Waals surface area contributed by atoms with Crippen molar-refractivity contribution in [3.05, 3.63) is 0 Å². The number of carbonyl (C=O) groups excluding carboxylic acids is 1. The Hall–Kier alpha value is -0.500. The second-order valence-electron chi connectivity index (χ2n) is 17.4. The number of aliphatic hydroxyl groups is 1. The molecule has 3 atom stereocenters. The summed E-state index contributed by atoms with van der Waals surface area (Å²) < 4.78 is 22.2. The predicted molar refractivity (Wildman–Crippen MR) is 245 cm³/mol. The summed E-state index contributed by atoms with van der Waals surface area (Å²) in [5, 5.41) is 13.8. The number of hydrogen-bond acceptors (Lipinski definition) is 6. The summed E-state index contributed by atoms with van der Waals surface area (Å²) in [5.41, 5.74) is 5.39. The molecule has 0 spiro atoms. The molecule has 0 aliphatic carbocycles. The van der Waals surface area contributed by atoms with E-state index in [2.05, 4.69) is 19.2 Å². The van der Waals surface area contributed by atoms with E-state index in [9.17, 15) is 19.4 Å². The van der Waals surface area contributed by atoms with Gasteiger partial charge in [-0.2, -0.15) is 0 Å². The molecule has 0 heterocycles. The Labute approximate surface area is 354 Å². The minimum atomic E-state index is -4.31. The Bertz CT molecular complexity index is 865. The second-order valence-corrected chi connectivity index (χ2v) is 18.8. The molecule has 0 aromatic heterocycles. The van der Waals surface area contributed by atoms with Crippen LogP contribution in [0.15, 0.2) is 0 Å². The van der Waals surface area contributed by atoms with E-state index in [-0.39, 0.29) is 25.7 Å².